The minimum atomic E-state index is -0.430. The summed E-state index contributed by atoms with van der Waals surface area (Å²) >= 11 is 6.20. The molecule has 1 atom stereocenters. The van der Waals surface area contributed by atoms with Gasteiger partial charge in [0.15, 0.2) is 11.5 Å². The Kier molecular flexibility index (Phi) is 21.1. The van der Waals surface area contributed by atoms with Crippen molar-refractivity contribution in [1.29, 1.82) is 0 Å². The zero-order valence-corrected chi connectivity index (χ0v) is 35.2. The van der Waals surface area contributed by atoms with Crippen LogP contribution in [-0.2, 0) is 14.2 Å². The molecule has 7 rings (SSSR count). The van der Waals surface area contributed by atoms with Crippen LogP contribution >= 0.6 is 11.6 Å². The van der Waals surface area contributed by atoms with Crippen LogP contribution < -0.4 is 21.9 Å². The monoisotopic (exact) mass is 798 g/mol. The summed E-state index contributed by atoms with van der Waals surface area (Å²) < 4.78 is 26.4. The number of para-hydroxylation sites is 2. The normalized spacial score (nSPS) is 14.0. The molecule has 0 radical (unpaired) electrons. The van der Waals surface area contributed by atoms with Gasteiger partial charge in [0, 0.05) is 12.2 Å². The molecule has 4 aromatic rings. The van der Waals surface area contributed by atoms with Gasteiger partial charge >= 0.3 is 35.0 Å². The number of nitrogens with zero attached hydrogens (tertiary/aromatic N) is 2. The number of fused-ring (bicyclic) bond motifs is 4. The molecule has 1 unspecified atom stereocenters. The molecule has 55 heavy (non-hydrogen) atoms. The molecule has 12 heteroatoms. The van der Waals surface area contributed by atoms with Gasteiger partial charge in [0.2, 0.25) is 0 Å². The number of methoxy groups -OCH3 is 2. The molecule has 4 aromatic carbocycles. The van der Waals surface area contributed by atoms with Crippen LogP contribution in [-0.4, -0.2) is 72.8 Å². The summed E-state index contributed by atoms with van der Waals surface area (Å²) in [6.07, 6.45) is 8.38. The molecule has 0 bridgehead atoms. The van der Waals surface area contributed by atoms with E-state index in [4.69, 9.17) is 35.5 Å². The molecular weight excluding hydrogens is 752 g/mol. The van der Waals surface area contributed by atoms with Gasteiger partial charge in [-0.1, -0.05) is 62.6 Å². The topological polar surface area (TPSA) is 105 Å². The molecular formula is C43H48Cl2MgN2O7. The molecule has 0 aliphatic carbocycles. The number of carbonyl (C=O) groups excluding carboxylic acids is 2. The van der Waals surface area contributed by atoms with Crippen LogP contribution in [0.15, 0.2) is 94.9 Å². The fourth-order valence-electron chi connectivity index (χ4n) is 5.27. The summed E-state index contributed by atoms with van der Waals surface area (Å²) in [5, 5.41) is 0.321. The SMILES string of the molecule is CC1CCCO1.CCCCC1=Nc2cc(C(=O)OC)ccc2Oc2ccccc21.COC(=O)c1ccc2c(c1)N=C(Cl)c1ccccc1O2.[CH2-]CCC.[Cl-].[Mg+2]. The van der Waals surface area contributed by atoms with E-state index in [0.717, 1.165) is 49.3 Å². The molecule has 3 aliphatic rings. The van der Waals surface area contributed by atoms with E-state index >= 15 is 0 Å². The van der Waals surface area contributed by atoms with E-state index in [1.54, 1.807) is 36.4 Å². The Balaban J connectivity index is 0.000000297. The van der Waals surface area contributed by atoms with E-state index < -0.39 is 5.97 Å². The van der Waals surface area contributed by atoms with Gasteiger partial charge in [-0.2, -0.15) is 6.42 Å². The number of esters is 2. The average Bonchev–Trinajstić information content (AvgIpc) is 3.55. The number of rotatable bonds is 6. The van der Waals surface area contributed by atoms with Crippen molar-refractivity contribution >= 4 is 68.8 Å². The van der Waals surface area contributed by atoms with Gasteiger partial charge in [-0.05, 0) is 93.3 Å². The smallest absolute Gasteiger partial charge is 1.00 e. The van der Waals surface area contributed by atoms with Crippen molar-refractivity contribution < 1.29 is 45.7 Å². The quantitative estimate of drug-likeness (QED) is 0.110. The second kappa shape index (κ2) is 24.6. The predicted octanol–water partition coefficient (Wildman–Crippen LogP) is 8.21. The fourth-order valence-corrected chi connectivity index (χ4v) is 5.52. The number of ether oxygens (including phenoxy) is 5. The predicted molar refractivity (Wildman–Crippen MR) is 217 cm³/mol. The first kappa shape index (κ1) is 47.2. The van der Waals surface area contributed by atoms with Gasteiger partial charge in [-0.3, -0.25) is 0 Å². The Morgan fingerprint density at radius 1 is 0.782 bits per heavy atom. The standard InChI is InChI=1S/C19H19NO3.C15H10ClNO3.C5H10O.C4H9.ClH.Mg/c1-3-4-8-15-14-7-5-6-9-17(14)23-18-11-10-13(19(21)22-2)12-16(18)20-15;1-19-15(18)9-6-7-13-11(8-9)17-14(16)10-4-2-3-5-12(10)20-13;1-5-3-2-4-6-5;1-3-4-2;;/h5-7,9-12H,3-4,8H2,1-2H3;2-8H,1H3;5H,2-4H2,1H3;1,3-4H2,2H3;1H;/q;;;-1;;+2/p-1. The number of benzene rings is 4. The Morgan fingerprint density at radius 2 is 1.29 bits per heavy atom. The van der Waals surface area contributed by atoms with Crippen LogP contribution in [0, 0.1) is 6.92 Å². The molecule has 0 spiro atoms. The zero-order valence-electron chi connectivity index (χ0n) is 32.2. The third kappa shape index (κ3) is 13.6. The van der Waals surface area contributed by atoms with E-state index in [0.29, 0.717) is 56.6 Å². The van der Waals surface area contributed by atoms with E-state index in [-0.39, 0.29) is 41.4 Å². The van der Waals surface area contributed by atoms with Crippen LogP contribution in [0.1, 0.15) is 97.6 Å². The van der Waals surface area contributed by atoms with Crippen molar-refractivity contribution in [3.05, 3.63) is 114 Å². The largest absolute Gasteiger partial charge is 2.00 e. The Labute approximate surface area is 352 Å². The van der Waals surface area contributed by atoms with Crippen LogP contribution in [0.4, 0.5) is 11.4 Å². The minimum Gasteiger partial charge on any atom is -1.00 e. The first-order valence-electron chi connectivity index (χ1n) is 17.9. The summed E-state index contributed by atoms with van der Waals surface area (Å²) in [6.45, 7) is 11.0. The van der Waals surface area contributed by atoms with Crippen LogP contribution in [0.3, 0.4) is 0 Å². The van der Waals surface area contributed by atoms with E-state index in [1.165, 1.54) is 33.5 Å². The summed E-state index contributed by atoms with van der Waals surface area (Å²) in [6, 6.07) is 25.3. The number of hydrogen-bond acceptors (Lipinski definition) is 9. The van der Waals surface area contributed by atoms with Gasteiger partial charge in [-0.25, -0.2) is 19.6 Å². The van der Waals surface area contributed by atoms with Crippen LogP contribution in [0.2, 0.25) is 0 Å². The van der Waals surface area contributed by atoms with Crippen LogP contribution in [0.5, 0.6) is 23.0 Å². The maximum absolute atomic E-state index is 11.7. The van der Waals surface area contributed by atoms with Crippen molar-refractivity contribution in [2.45, 2.75) is 71.8 Å². The van der Waals surface area contributed by atoms with Gasteiger partial charge in [0.25, 0.3) is 0 Å². The molecule has 0 N–H and O–H groups in total. The van der Waals surface area contributed by atoms with Crippen molar-refractivity contribution in [2.24, 2.45) is 9.98 Å². The molecule has 1 fully saturated rings. The first-order valence-corrected chi connectivity index (χ1v) is 18.3. The number of hydrogen-bond donors (Lipinski definition) is 0. The number of unbranched alkanes of at least 4 members (excludes halogenated alkanes) is 2. The number of carbonyl (C=O) groups is 2. The number of aliphatic imine (C=N–C) groups is 2. The summed E-state index contributed by atoms with van der Waals surface area (Å²) in [5.41, 5.74) is 4.74. The average molecular weight is 800 g/mol. The summed E-state index contributed by atoms with van der Waals surface area (Å²) in [5.74, 6) is 1.82. The van der Waals surface area contributed by atoms with Crippen molar-refractivity contribution in [2.75, 3.05) is 20.8 Å². The van der Waals surface area contributed by atoms with Crippen LogP contribution in [0.25, 0.3) is 0 Å². The second-order valence-corrected chi connectivity index (χ2v) is 12.6. The third-order valence-electron chi connectivity index (χ3n) is 8.26. The molecule has 0 saturated carbocycles. The summed E-state index contributed by atoms with van der Waals surface area (Å²) in [7, 11) is 2.70. The van der Waals surface area contributed by atoms with Crippen molar-refractivity contribution in [3.8, 4) is 23.0 Å². The molecule has 1 saturated heterocycles. The van der Waals surface area contributed by atoms with Gasteiger partial charge in [0.05, 0.1) is 42.7 Å². The maximum Gasteiger partial charge on any atom is 2.00 e. The fraction of sp³-hybridized carbons (Fsp3) is 0.326. The minimum absolute atomic E-state index is 0. The molecule has 0 aromatic heterocycles. The van der Waals surface area contributed by atoms with E-state index in [2.05, 4.69) is 37.4 Å². The summed E-state index contributed by atoms with van der Waals surface area (Å²) in [4.78, 5) is 32.4. The molecule has 0 amide bonds. The van der Waals surface area contributed by atoms with Gasteiger partial charge < -0.3 is 43.0 Å². The Morgan fingerprint density at radius 3 is 1.75 bits per heavy atom. The Bertz CT molecular complexity index is 1910. The molecule has 288 valence electrons. The van der Waals surface area contributed by atoms with E-state index in [1.807, 2.05) is 48.5 Å². The van der Waals surface area contributed by atoms with Crippen molar-refractivity contribution in [3.63, 3.8) is 0 Å². The second-order valence-electron chi connectivity index (χ2n) is 12.3. The first-order chi connectivity index (χ1) is 25.7. The third-order valence-corrected chi connectivity index (χ3v) is 8.55. The zero-order chi connectivity index (χ0) is 38.2. The van der Waals surface area contributed by atoms with Gasteiger partial charge in [-0.15, -0.1) is 0 Å². The Hall–Kier alpha value is -3.93. The molecule has 3 heterocycles. The number of halogens is 2. The van der Waals surface area contributed by atoms with Gasteiger partial charge in [0.1, 0.15) is 28.0 Å². The molecule has 3 aliphatic heterocycles. The maximum atomic E-state index is 11.7. The van der Waals surface area contributed by atoms with Crippen molar-refractivity contribution in [1.82, 2.24) is 0 Å². The molecule has 9 nitrogen and oxygen atoms in total. The van der Waals surface area contributed by atoms with E-state index in [9.17, 15) is 9.59 Å².